The molecule has 0 aromatic heterocycles. The monoisotopic (exact) mass is 345 g/mol. The number of carbonyl (C=O) groups is 1. The van der Waals surface area contributed by atoms with Crippen LogP contribution in [-0.2, 0) is 6.42 Å². The number of urea groups is 1. The number of nitrogens with one attached hydrogen (secondary N) is 1. The number of aryl methyl sites for hydroxylation is 1. The van der Waals surface area contributed by atoms with Gasteiger partial charge in [-0.15, -0.1) is 0 Å². The number of phenolic OH excluding ortho intramolecular Hbond substituents is 1. The number of phenols is 1. The molecule has 1 aromatic carbocycles. The van der Waals surface area contributed by atoms with Crippen LogP contribution in [0.1, 0.15) is 44.6 Å². The molecule has 1 aromatic rings. The molecule has 138 valence electrons. The number of nitrogens with zero attached hydrogens (tertiary/aromatic N) is 2. The third-order valence-corrected chi connectivity index (χ3v) is 5.61. The normalized spacial score (nSPS) is 20.6. The second-order valence-electron chi connectivity index (χ2n) is 7.52. The van der Waals surface area contributed by atoms with Gasteiger partial charge < -0.3 is 15.3 Å². The van der Waals surface area contributed by atoms with E-state index in [0.29, 0.717) is 5.75 Å². The molecular weight excluding hydrogens is 314 g/mol. The van der Waals surface area contributed by atoms with Crippen LogP contribution in [0.4, 0.5) is 4.79 Å². The zero-order valence-corrected chi connectivity index (χ0v) is 15.3. The quantitative estimate of drug-likeness (QED) is 0.863. The number of aromatic hydroxyl groups is 1. The highest BCUT2D eigenvalue weighted by Crippen LogP contribution is 2.24. The van der Waals surface area contributed by atoms with Crippen molar-refractivity contribution in [1.82, 2.24) is 15.1 Å². The summed E-state index contributed by atoms with van der Waals surface area (Å²) in [7, 11) is 0. The summed E-state index contributed by atoms with van der Waals surface area (Å²) in [5, 5.41) is 12.5. The first-order chi connectivity index (χ1) is 12.1. The van der Waals surface area contributed by atoms with Gasteiger partial charge in [0.2, 0.25) is 0 Å². The van der Waals surface area contributed by atoms with Crippen LogP contribution in [0.15, 0.2) is 24.3 Å². The van der Waals surface area contributed by atoms with Gasteiger partial charge in [0.15, 0.2) is 0 Å². The zero-order valence-electron chi connectivity index (χ0n) is 15.3. The van der Waals surface area contributed by atoms with Gasteiger partial charge in [-0.25, -0.2) is 4.79 Å². The van der Waals surface area contributed by atoms with Crippen molar-refractivity contribution in [2.24, 2.45) is 0 Å². The highest BCUT2D eigenvalue weighted by Gasteiger charge is 2.28. The smallest absolute Gasteiger partial charge is 0.317 e. The average Bonchev–Trinajstić information content (AvgIpc) is 3.16. The van der Waals surface area contributed by atoms with Gasteiger partial charge in [0.05, 0.1) is 0 Å². The van der Waals surface area contributed by atoms with Crippen LogP contribution in [0.25, 0.3) is 0 Å². The Hall–Kier alpha value is -1.75. The van der Waals surface area contributed by atoms with E-state index in [1.807, 2.05) is 17.0 Å². The lowest BCUT2D eigenvalue weighted by molar-refractivity contribution is 0.108. The van der Waals surface area contributed by atoms with Gasteiger partial charge in [-0.2, -0.15) is 0 Å². The predicted molar refractivity (Wildman–Crippen MR) is 99.8 cm³/mol. The van der Waals surface area contributed by atoms with Crippen LogP contribution in [0, 0.1) is 0 Å². The van der Waals surface area contributed by atoms with Crippen LogP contribution in [-0.4, -0.2) is 59.2 Å². The van der Waals surface area contributed by atoms with Crippen molar-refractivity contribution in [3.05, 3.63) is 29.8 Å². The minimum Gasteiger partial charge on any atom is -0.508 e. The average molecular weight is 345 g/mol. The van der Waals surface area contributed by atoms with E-state index in [2.05, 4.69) is 17.1 Å². The first-order valence-corrected chi connectivity index (χ1v) is 9.69. The largest absolute Gasteiger partial charge is 0.508 e. The van der Waals surface area contributed by atoms with E-state index in [1.165, 1.54) is 31.2 Å². The van der Waals surface area contributed by atoms with Crippen molar-refractivity contribution in [3.63, 3.8) is 0 Å². The summed E-state index contributed by atoms with van der Waals surface area (Å²) < 4.78 is 0. The molecule has 1 saturated heterocycles. The lowest BCUT2D eigenvalue weighted by Crippen LogP contribution is -2.54. The molecule has 5 nitrogen and oxygen atoms in total. The molecule has 1 aliphatic carbocycles. The fraction of sp³-hybridized carbons (Fsp3) is 0.650. The van der Waals surface area contributed by atoms with Crippen LogP contribution < -0.4 is 5.32 Å². The highest BCUT2D eigenvalue weighted by atomic mass is 16.3. The van der Waals surface area contributed by atoms with Gasteiger partial charge in [0.1, 0.15) is 5.75 Å². The standard InChI is InChI=1S/C20H31N3O2/c1-16(6-7-17-8-10-19(24)11-9-17)21-20(25)23-14-12-22(13-15-23)18-4-2-3-5-18/h8-11,16,18,24H,2-7,12-15H2,1H3,(H,21,25). The molecule has 0 spiro atoms. The second-order valence-corrected chi connectivity index (χ2v) is 7.52. The Balaban J connectivity index is 1.37. The van der Waals surface area contributed by atoms with Gasteiger partial charge in [-0.05, 0) is 50.3 Å². The van der Waals surface area contributed by atoms with Crippen molar-refractivity contribution in [2.45, 2.75) is 57.5 Å². The van der Waals surface area contributed by atoms with E-state index in [0.717, 1.165) is 45.1 Å². The Morgan fingerprint density at radius 1 is 1.16 bits per heavy atom. The van der Waals surface area contributed by atoms with Crippen LogP contribution in [0.5, 0.6) is 5.75 Å². The molecule has 3 rings (SSSR count). The molecule has 2 aliphatic rings. The fourth-order valence-corrected chi connectivity index (χ4v) is 3.98. The van der Waals surface area contributed by atoms with Gasteiger partial charge in [-0.1, -0.05) is 25.0 Å². The predicted octanol–water partition coefficient (Wildman–Crippen LogP) is 2.98. The maximum atomic E-state index is 12.5. The first-order valence-electron chi connectivity index (χ1n) is 9.69. The second kappa shape index (κ2) is 8.56. The number of benzene rings is 1. The third kappa shape index (κ3) is 5.11. The SMILES string of the molecule is CC(CCc1ccc(O)cc1)NC(=O)N1CCN(C2CCCC2)CC1. The number of rotatable bonds is 5. The summed E-state index contributed by atoms with van der Waals surface area (Å²) in [6, 6.07) is 8.27. The minimum atomic E-state index is 0.0734. The third-order valence-electron chi connectivity index (χ3n) is 5.61. The summed E-state index contributed by atoms with van der Waals surface area (Å²) in [6.07, 6.45) is 7.20. The number of piperazine rings is 1. The van der Waals surface area contributed by atoms with E-state index in [1.54, 1.807) is 12.1 Å². The summed E-state index contributed by atoms with van der Waals surface area (Å²) in [5.74, 6) is 0.293. The van der Waals surface area contributed by atoms with Gasteiger partial charge in [0.25, 0.3) is 0 Å². The first kappa shape index (κ1) is 18.1. The summed E-state index contributed by atoms with van der Waals surface area (Å²) in [6.45, 7) is 5.77. The van der Waals surface area contributed by atoms with E-state index < -0.39 is 0 Å². The molecule has 5 heteroatoms. The summed E-state index contributed by atoms with van der Waals surface area (Å²) >= 11 is 0. The van der Waals surface area contributed by atoms with Crippen LogP contribution in [0.2, 0.25) is 0 Å². The molecule has 2 amide bonds. The van der Waals surface area contributed by atoms with Crippen molar-refractivity contribution < 1.29 is 9.90 Å². The minimum absolute atomic E-state index is 0.0734. The Labute approximate surface area is 151 Å². The Kier molecular flexibility index (Phi) is 6.19. The molecule has 25 heavy (non-hydrogen) atoms. The lowest BCUT2D eigenvalue weighted by atomic mass is 10.1. The summed E-state index contributed by atoms with van der Waals surface area (Å²) in [4.78, 5) is 17.0. The highest BCUT2D eigenvalue weighted by molar-refractivity contribution is 5.74. The maximum absolute atomic E-state index is 12.5. The van der Waals surface area contributed by atoms with E-state index in [4.69, 9.17) is 0 Å². The van der Waals surface area contributed by atoms with Crippen molar-refractivity contribution in [1.29, 1.82) is 0 Å². The van der Waals surface area contributed by atoms with E-state index in [9.17, 15) is 9.90 Å². The Morgan fingerprint density at radius 2 is 1.80 bits per heavy atom. The lowest BCUT2D eigenvalue weighted by Gasteiger charge is -2.38. The van der Waals surface area contributed by atoms with Gasteiger partial charge >= 0.3 is 6.03 Å². The summed E-state index contributed by atoms with van der Waals surface area (Å²) in [5.41, 5.74) is 1.18. The molecule has 2 fully saturated rings. The van der Waals surface area contributed by atoms with Crippen LogP contribution >= 0.6 is 0 Å². The maximum Gasteiger partial charge on any atom is 0.317 e. The van der Waals surface area contributed by atoms with Gasteiger partial charge in [0, 0.05) is 38.3 Å². The fourth-order valence-electron chi connectivity index (χ4n) is 3.98. The topological polar surface area (TPSA) is 55.8 Å². The molecule has 1 heterocycles. The molecule has 0 bridgehead atoms. The van der Waals surface area contributed by atoms with E-state index in [-0.39, 0.29) is 12.1 Å². The van der Waals surface area contributed by atoms with Gasteiger partial charge in [-0.3, -0.25) is 4.90 Å². The molecular formula is C20H31N3O2. The number of hydrogen-bond acceptors (Lipinski definition) is 3. The van der Waals surface area contributed by atoms with Crippen molar-refractivity contribution >= 4 is 6.03 Å². The van der Waals surface area contributed by atoms with Crippen molar-refractivity contribution in [3.8, 4) is 5.75 Å². The Bertz CT molecular complexity index is 547. The number of hydrogen-bond donors (Lipinski definition) is 2. The number of carbonyl (C=O) groups excluding carboxylic acids is 1. The van der Waals surface area contributed by atoms with Crippen LogP contribution in [0.3, 0.4) is 0 Å². The zero-order chi connectivity index (χ0) is 17.6. The molecule has 1 aliphatic heterocycles. The molecule has 1 saturated carbocycles. The van der Waals surface area contributed by atoms with E-state index >= 15 is 0 Å². The van der Waals surface area contributed by atoms with Crippen molar-refractivity contribution in [2.75, 3.05) is 26.2 Å². The molecule has 1 atom stereocenters. The molecule has 1 unspecified atom stereocenters. The Morgan fingerprint density at radius 3 is 2.44 bits per heavy atom. The molecule has 2 N–H and O–H groups in total. The molecule has 0 radical (unpaired) electrons. The number of amides is 2.